The van der Waals surface area contributed by atoms with Crippen LogP contribution in [-0.4, -0.2) is 32.0 Å². The number of esters is 1. The average molecular weight is 196 g/mol. The first-order chi connectivity index (χ1) is 6.56. The van der Waals surface area contributed by atoms with Crippen molar-refractivity contribution in [3.8, 4) is 6.07 Å². The molecule has 5 nitrogen and oxygen atoms in total. The van der Waals surface area contributed by atoms with Gasteiger partial charge in [-0.2, -0.15) is 5.26 Å². The third-order valence-electron chi connectivity index (χ3n) is 1.70. The molecule has 0 aromatic heterocycles. The fraction of sp³-hybridized carbons (Fsp3) is 0.444. The van der Waals surface area contributed by atoms with Gasteiger partial charge in [-0.25, -0.2) is 0 Å². The fourth-order valence-corrected chi connectivity index (χ4v) is 0.841. The molecule has 0 fully saturated rings. The number of ether oxygens (including phenoxy) is 1. The van der Waals surface area contributed by atoms with Gasteiger partial charge in [0.2, 0.25) is 0 Å². The van der Waals surface area contributed by atoms with Gasteiger partial charge in [-0.05, 0) is 7.05 Å². The highest BCUT2D eigenvalue weighted by atomic mass is 16.5. The highest BCUT2D eigenvalue weighted by Crippen LogP contribution is 2.01. The second-order valence-electron chi connectivity index (χ2n) is 2.58. The van der Waals surface area contributed by atoms with E-state index in [2.05, 4.69) is 16.6 Å². The molecule has 0 radical (unpaired) electrons. The molecule has 1 unspecified atom stereocenters. The highest BCUT2D eigenvalue weighted by Gasteiger charge is 2.22. The van der Waals surface area contributed by atoms with Crippen LogP contribution in [0.4, 0.5) is 0 Å². The molecule has 1 atom stereocenters. The van der Waals surface area contributed by atoms with Crippen LogP contribution in [0.5, 0.6) is 0 Å². The van der Waals surface area contributed by atoms with Crippen LogP contribution >= 0.6 is 0 Å². The molecule has 14 heavy (non-hydrogen) atoms. The number of hydrogen-bond acceptors (Lipinski definition) is 5. The van der Waals surface area contributed by atoms with Gasteiger partial charge in [0.1, 0.15) is 6.07 Å². The lowest BCUT2D eigenvalue weighted by molar-refractivity contribution is -0.142. The number of methoxy groups -OCH3 is 1. The summed E-state index contributed by atoms with van der Waals surface area (Å²) in [7, 11) is 2.76. The molecule has 0 aromatic rings. The van der Waals surface area contributed by atoms with E-state index in [0.717, 1.165) is 0 Å². The number of carbonyl (C=O) groups is 2. The molecule has 0 amide bonds. The van der Waals surface area contributed by atoms with Crippen molar-refractivity contribution in [1.29, 1.82) is 5.26 Å². The average Bonchev–Trinajstić information content (AvgIpc) is 2.23. The summed E-state index contributed by atoms with van der Waals surface area (Å²) >= 11 is 0. The van der Waals surface area contributed by atoms with Gasteiger partial charge < -0.3 is 10.1 Å². The summed E-state index contributed by atoms with van der Waals surface area (Å²) in [5.74, 6) is -0.996. The number of Topliss-reactive ketones (excluding diaryl/α,β-unsaturated/α-hetero) is 1. The van der Waals surface area contributed by atoms with Gasteiger partial charge in [0.15, 0.2) is 5.78 Å². The maximum absolute atomic E-state index is 11.4. The molecule has 0 aromatic carbocycles. The first kappa shape index (κ1) is 12.3. The third-order valence-corrected chi connectivity index (χ3v) is 1.70. The van der Waals surface area contributed by atoms with Crippen molar-refractivity contribution in [2.45, 2.75) is 12.5 Å². The number of ketones is 1. The van der Waals surface area contributed by atoms with Crippen LogP contribution in [0.15, 0.2) is 12.2 Å². The van der Waals surface area contributed by atoms with Crippen LogP contribution in [0.2, 0.25) is 0 Å². The van der Waals surface area contributed by atoms with E-state index in [1.165, 1.54) is 14.2 Å². The number of carbonyl (C=O) groups excluding carboxylic acids is 2. The summed E-state index contributed by atoms with van der Waals surface area (Å²) in [6.07, 6.45) is -0.105. The largest absolute Gasteiger partial charge is 0.469 e. The lowest BCUT2D eigenvalue weighted by Gasteiger charge is -2.11. The van der Waals surface area contributed by atoms with E-state index in [-0.39, 0.29) is 12.0 Å². The predicted molar refractivity (Wildman–Crippen MR) is 49.2 cm³/mol. The Morgan fingerprint density at radius 3 is 2.57 bits per heavy atom. The van der Waals surface area contributed by atoms with Gasteiger partial charge in [-0.1, -0.05) is 6.58 Å². The molecular weight excluding hydrogens is 184 g/mol. The Morgan fingerprint density at radius 1 is 1.64 bits per heavy atom. The number of nitriles is 1. The second kappa shape index (κ2) is 5.89. The van der Waals surface area contributed by atoms with Crippen LogP contribution in [0.3, 0.4) is 0 Å². The van der Waals surface area contributed by atoms with Crippen molar-refractivity contribution in [2.24, 2.45) is 0 Å². The molecule has 0 saturated heterocycles. The van der Waals surface area contributed by atoms with Crippen molar-refractivity contribution in [3.63, 3.8) is 0 Å². The summed E-state index contributed by atoms with van der Waals surface area (Å²) < 4.78 is 4.40. The van der Waals surface area contributed by atoms with Gasteiger partial charge >= 0.3 is 5.97 Å². The summed E-state index contributed by atoms with van der Waals surface area (Å²) in [6.45, 7) is 3.27. The minimum atomic E-state index is -0.741. The maximum Gasteiger partial charge on any atom is 0.307 e. The molecule has 0 aliphatic carbocycles. The van der Waals surface area contributed by atoms with E-state index in [1.807, 2.05) is 0 Å². The van der Waals surface area contributed by atoms with Crippen molar-refractivity contribution in [3.05, 3.63) is 12.2 Å². The molecule has 0 bridgehead atoms. The van der Waals surface area contributed by atoms with E-state index in [1.54, 1.807) is 6.07 Å². The van der Waals surface area contributed by atoms with Gasteiger partial charge in [0.05, 0.1) is 25.1 Å². The van der Waals surface area contributed by atoms with E-state index in [0.29, 0.717) is 0 Å². The minimum absolute atomic E-state index is 0.105. The van der Waals surface area contributed by atoms with Crippen LogP contribution < -0.4 is 5.32 Å². The fourth-order valence-electron chi connectivity index (χ4n) is 0.841. The van der Waals surface area contributed by atoms with Crippen LogP contribution in [0.25, 0.3) is 0 Å². The molecule has 0 heterocycles. The topological polar surface area (TPSA) is 79.2 Å². The van der Waals surface area contributed by atoms with Crippen molar-refractivity contribution in [1.82, 2.24) is 5.32 Å². The zero-order chi connectivity index (χ0) is 11.1. The highest BCUT2D eigenvalue weighted by molar-refractivity contribution is 6.03. The zero-order valence-corrected chi connectivity index (χ0v) is 8.16. The second-order valence-corrected chi connectivity index (χ2v) is 2.58. The van der Waals surface area contributed by atoms with Crippen molar-refractivity contribution < 1.29 is 14.3 Å². The number of nitrogens with one attached hydrogen (secondary N) is 1. The Balaban J connectivity index is 4.43. The molecule has 0 rings (SSSR count). The quantitative estimate of drug-likeness (QED) is 0.374. The standard InChI is InChI=1S/C9H12N2O3/c1-6(5-10)9(13)7(11-2)4-8(12)14-3/h7,11H,1,4H2,2-3H3. The molecule has 0 spiro atoms. The van der Waals surface area contributed by atoms with Crippen molar-refractivity contribution >= 4 is 11.8 Å². The van der Waals surface area contributed by atoms with Gasteiger partial charge in [-0.15, -0.1) is 0 Å². The van der Waals surface area contributed by atoms with E-state index in [4.69, 9.17) is 5.26 Å². The Kier molecular flexibility index (Phi) is 5.19. The molecule has 0 aliphatic rings. The molecule has 5 heteroatoms. The van der Waals surface area contributed by atoms with E-state index < -0.39 is 17.8 Å². The molecule has 0 aliphatic heterocycles. The van der Waals surface area contributed by atoms with Crippen LogP contribution in [0, 0.1) is 11.3 Å². The molecule has 1 N–H and O–H groups in total. The summed E-state index contributed by atoms with van der Waals surface area (Å²) in [4.78, 5) is 22.2. The Hall–Kier alpha value is -1.67. The molecule has 0 saturated carbocycles. The summed E-state index contributed by atoms with van der Waals surface area (Å²) in [6, 6.07) is 0.894. The van der Waals surface area contributed by atoms with Gasteiger partial charge in [-0.3, -0.25) is 9.59 Å². The SMILES string of the molecule is C=C(C#N)C(=O)C(CC(=O)OC)NC. The number of hydrogen-bond donors (Lipinski definition) is 1. The van der Waals surface area contributed by atoms with Crippen LogP contribution in [0.1, 0.15) is 6.42 Å². The lowest BCUT2D eigenvalue weighted by atomic mass is 10.0. The van der Waals surface area contributed by atoms with Gasteiger partial charge in [0.25, 0.3) is 0 Å². The minimum Gasteiger partial charge on any atom is -0.469 e. The summed E-state index contributed by atoms with van der Waals surface area (Å²) in [5.41, 5.74) is -0.173. The summed E-state index contributed by atoms with van der Waals surface area (Å²) in [5, 5.41) is 11.0. The maximum atomic E-state index is 11.4. The van der Waals surface area contributed by atoms with Crippen LogP contribution in [-0.2, 0) is 14.3 Å². The predicted octanol–water partition coefficient (Wildman–Crippen LogP) is -0.214. The number of rotatable bonds is 5. The normalized spacial score (nSPS) is 11.2. The van der Waals surface area contributed by atoms with E-state index >= 15 is 0 Å². The Morgan fingerprint density at radius 2 is 2.21 bits per heavy atom. The van der Waals surface area contributed by atoms with Gasteiger partial charge in [0, 0.05) is 0 Å². The number of likely N-dealkylation sites (N-methyl/N-ethyl adjacent to an activating group) is 1. The monoisotopic (exact) mass is 196 g/mol. The zero-order valence-electron chi connectivity index (χ0n) is 8.16. The van der Waals surface area contributed by atoms with Crippen molar-refractivity contribution in [2.75, 3.05) is 14.2 Å². The third kappa shape index (κ3) is 3.37. The lowest BCUT2D eigenvalue weighted by Crippen LogP contribution is -2.37. The molecule has 76 valence electrons. The Labute approximate surface area is 82.3 Å². The van der Waals surface area contributed by atoms with E-state index in [9.17, 15) is 9.59 Å². The Bertz CT molecular complexity index is 291. The first-order valence-corrected chi connectivity index (χ1v) is 3.94. The number of nitrogens with zero attached hydrogens (tertiary/aromatic N) is 1. The first-order valence-electron chi connectivity index (χ1n) is 3.94. The smallest absolute Gasteiger partial charge is 0.307 e. The molecular formula is C9H12N2O3.